The second-order valence-electron chi connectivity index (χ2n) is 4.83. The highest BCUT2D eigenvalue weighted by Gasteiger charge is 2.20. The van der Waals surface area contributed by atoms with Crippen LogP contribution in [0, 0.1) is 11.3 Å². The molecule has 0 bridgehead atoms. The maximum atomic E-state index is 12.2. The minimum atomic E-state index is -0.238. The van der Waals surface area contributed by atoms with Crippen molar-refractivity contribution < 1.29 is 4.79 Å². The molecule has 2 rings (SSSR count). The Kier molecular flexibility index (Phi) is 5.49. The van der Waals surface area contributed by atoms with Crippen molar-refractivity contribution in [2.75, 3.05) is 18.4 Å². The first kappa shape index (κ1) is 15.7. The summed E-state index contributed by atoms with van der Waals surface area (Å²) in [7, 11) is 0. The van der Waals surface area contributed by atoms with Gasteiger partial charge in [0, 0.05) is 35.0 Å². The molecular weight excluding hydrogens is 309 g/mol. The zero-order valence-corrected chi connectivity index (χ0v) is 12.9. The van der Waals surface area contributed by atoms with Crippen molar-refractivity contribution in [3.8, 4) is 6.07 Å². The molecule has 4 nitrogen and oxygen atoms in total. The maximum Gasteiger partial charge on any atom is 0.266 e. The lowest BCUT2D eigenvalue weighted by atomic mass is 10.1. The highest BCUT2D eigenvalue weighted by molar-refractivity contribution is 6.35. The number of likely N-dealkylation sites (tertiary alicyclic amines) is 1. The van der Waals surface area contributed by atoms with Crippen LogP contribution in [0.15, 0.2) is 30.0 Å². The van der Waals surface area contributed by atoms with Crippen molar-refractivity contribution >= 4 is 34.8 Å². The van der Waals surface area contributed by atoms with E-state index < -0.39 is 0 Å². The molecule has 0 aliphatic carbocycles. The molecular formula is C15H15Cl2N3O. The summed E-state index contributed by atoms with van der Waals surface area (Å²) in [6, 6.07) is 6.90. The summed E-state index contributed by atoms with van der Waals surface area (Å²) in [6.45, 7) is 1.42. The van der Waals surface area contributed by atoms with E-state index in [0.29, 0.717) is 28.8 Å². The monoisotopic (exact) mass is 323 g/mol. The zero-order chi connectivity index (χ0) is 15.2. The number of anilines is 1. The number of carbonyl (C=O) groups excluding carboxylic acids is 1. The predicted octanol–water partition coefficient (Wildman–Crippen LogP) is 3.83. The SMILES string of the molecule is N#C/C(=C/Nc1cc(Cl)cc(Cl)c1)C(=O)N1CCCCC1. The Hall–Kier alpha value is -1.70. The number of hydrogen-bond donors (Lipinski definition) is 1. The molecule has 6 heteroatoms. The van der Waals surface area contributed by atoms with Crippen LogP contribution in [0.3, 0.4) is 0 Å². The van der Waals surface area contributed by atoms with Crippen molar-refractivity contribution in [3.63, 3.8) is 0 Å². The minimum Gasteiger partial charge on any atom is -0.360 e. The first-order valence-corrected chi connectivity index (χ1v) is 7.48. The summed E-state index contributed by atoms with van der Waals surface area (Å²) >= 11 is 11.8. The van der Waals surface area contributed by atoms with E-state index >= 15 is 0 Å². The summed E-state index contributed by atoms with van der Waals surface area (Å²) < 4.78 is 0. The molecule has 1 N–H and O–H groups in total. The van der Waals surface area contributed by atoms with Gasteiger partial charge in [-0.3, -0.25) is 4.79 Å². The molecule has 1 amide bonds. The number of halogens is 2. The van der Waals surface area contributed by atoms with Crippen LogP contribution in [0.5, 0.6) is 0 Å². The summed E-state index contributed by atoms with van der Waals surface area (Å²) in [4.78, 5) is 13.9. The molecule has 21 heavy (non-hydrogen) atoms. The second kappa shape index (κ2) is 7.35. The van der Waals surface area contributed by atoms with E-state index in [2.05, 4.69) is 5.32 Å². The van der Waals surface area contributed by atoms with Crippen LogP contribution in [-0.4, -0.2) is 23.9 Å². The number of benzene rings is 1. The number of hydrogen-bond acceptors (Lipinski definition) is 3. The first-order chi connectivity index (χ1) is 10.1. The molecule has 1 aromatic rings. The molecule has 0 spiro atoms. The second-order valence-corrected chi connectivity index (χ2v) is 5.70. The number of amides is 1. The van der Waals surface area contributed by atoms with Gasteiger partial charge in [0.2, 0.25) is 0 Å². The molecule has 0 aromatic heterocycles. The van der Waals surface area contributed by atoms with Gasteiger partial charge in [-0.25, -0.2) is 0 Å². The molecule has 1 fully saturated rings. The van der Waals surface area contributed by atoms with E-state index in [-0.39, 0.29) is 11.5 Å². The van der Waals surface area contributed by atoms with E-state index in [4.69, 9.17) is 28.5 Å². The van der Waals surface area contributed by atoms with Gasteiger partial charge in [-0.15, -0.1) is 0 Å². The van der Waals surface area contributed by atoms with Gasteiger partial charge >= 0.3 is 0 Å². The van der Waals surface area contributed by atoms with Crippen molar-refractivity contribution in [3.05, 3.63) is 40.0 Å². The van der Waals surface area contributed by atoms with Crippen molar-refractivity contribution in [1.82, 2.24) is 4.90 Å². The third-order valence-electron chi connectivity index (χ3n) is 3.24. The summed E-state index contributed by atoms with van der Waals surface area (Å²) in [5, 5.41) is 13.0. The summed E-state index contributed by atoms with van der Waals surface area (Å²) in [5.74, 6) is -0.238. The molecule has 1 saturated heterocycles. The molecule has 0 atom stereocenters. The number of nitrogens with zero attached hydrogens (tertiary/aromatic N) is 2. The highest BCUT2D eigenvalue weighted by Crippen LogP contribution is 2.22. The van der Waals surface area contributed by atoms with Gasteiger partial charge in [0.1, 0.15) is 11.6 Å². The normalized spacial score (nSPS) is 15.5. The molecule has 0 saturated carbocycles. The van der Waals surface area contributed by atoms with Gasteiger partial charge in [-0.1, -0.05) is 23.2 Å². The Morgan fingerprint density at radius 1 is 1.19 bits per heavy atom. The van der Waals surface area contributed by atoms with Gasteiger partial charge < -0.3 is 10.2 Å². The Morgan fingerprint density at radius 3 is 2.38 bits per heavy atom. The van der Waals surface area contributed by atoms with Crippen LogP contribution >= 0.6 is 23.2 Å². The van der Waals surface area contributed by atoms with Crippen LogP contribution in [0.1, 0.15) is 19.3 Å². The molecule has 110 valence electrons. The topological polar surface area (TPSA) is 56.1 Å². The van der Waals surface area contributed by atoms with E-state index in [1.54, 1.807) is 23.1 Å². The smallest absolute Gasteiger partial charge is 0.266 e. The van der Waals surface area contributed by atoms with Gasteiger partial charge in [-0.05, 0) is 37.5 Å². The molecule has 0 radical (unpaired) electrons. The van der Waals surface area contributed by atoms with E-state index in [0.717, 1.165) is 19.3 Å². The third-order valence-corrected chi connectivity index (χ3v) is 3.68. The Balaban J connectivity index is 2.09. The standard InChI is InChI=1S/C15H15Cl2N3O/c16-12-6-13(17)8-14(7-12)19-10-11(9-18)15(21)20-4-2-1-3-5-20/h6-8,10,19H,1-5H2/b11-10-. The first-order valence-electron chi connectivity index (χ1n) is 6.72. The Labute approximate surface area is 133 Å². The molecule has 1 aliphatic heterocycles. The number of nitriles is 1. The Bertz CT molecular complexity index is 581. The van der Waals surface area contributed by atoms with Crippen molar-refractivity contribution in [2.24, 2.45) is 0 Å². The van der Waals surface area contributed by atoms with Crippen molar-refractivity contribution in [2.45, 2.75) is 19.3 Å². The van der Waals surface area contributed by atoms with Gasteiger partial charge in [-0.2, -0.15) is 5.26 Å². The van der Waals surface area contributed by atoms with Crippen molar-refractivity contribution in [1.29, 1.82) is 5.26 Å². The lowest BCUT2D eigenvalue weighted by molar-refractivity contribution is -0.127. The fraction of sp³-hybridized carbons (Fsp3) is 0.333. The molecule has 1 aromatic carbocycles. The fourth-order valence-electron chi connectivity index (χ4n) is 2.20. The number of carbonyl (C=O) groups is 1. The van der Waals surface area contributed by atoms with Crippen LogP contribution in [0.2, 0.25) is 10.0 Å². The van der Waals surface area contributed by atoms with Crippen LogP contribution in [0.25, 0.3) is 0 Å². The predicted molar refractivity (Wildman–Crippen MR) is 84.2 cm³/mol. The van der Waals surface area contributed by atoms with Crippen LogP contribution in [-0.2, 0) is 4.79 Å². The lowest BCUT2D eigenvalue weighted by Gasteiger charge is -2.26. The third kappa shape index (κ3) is 4.38. The van der Waals surface area contributed by atoms with Crippen LogP contribution < -0.4 is 5.32 Å². The number of piperidine rings is 1. The Morgan fingerprint density at radius 2 is 1.81 bits per heavy atom. The van der Waals surface area contributed by atoms with Gasteiger partial charge in [0.25, 0.3) is 5.91 Å². The maximum absolute atomic E-state index is 12.2. The van der Waals surface area contributed by atoms with E-state index in [1.807, 2.05) is 6.07 Å². The molecule has 1 aliphatic rings. The fourth-order valence-corrected chi connectivity index (χ4v) is 2.73. The molecule has 0 unspecified atom stereocenters. The van der Waals surface area contributed by atoms with Gasteiger partial charge in [0.05, 0.1) is 0 Å². The largest absolute Gasteiger partial charge is 0.360 e. The summed E-state index contributed by atoms with van der Waals surface area (Å²) in [6.07, 6.45) is 4.51. The number of nitrogens with one attached hydrogen (secondary N) is 1. The van der Waals surface area contributed by atoms with Gasteiger partial charge in [0.15, 0.2) is 0 Å². The highest BCUT2D eigenvalue weighted by atomic mass is 35.5. The number of rotatable bonds is 3. The minimum absolute atomic E-state index is 0.0768. The average Bonchev–Trinajstić information content (AvgIpc) is 2.47. The lowest BCUT2D eigenvalue weighted by Crippen LogP contribution is -2.36. The zero-order valence-electron chi connectivity index (χ0n) is 11.4. The average molecular weight is 324 g/mol. The quantitative estimate of drug-likeness (QED) is 0.679. The van der Waals surface area contributed by atoms with Crippen LogP contribution in [0.4, 0.5) is 5.69 Å². The van der Waals surface area contributed by atoms with E-state index in [9.17, 15) is 4.79 Å². The summed E-state index contributed by atoms with van der Waals surface area (Å²) in [5.41, 5.74) is 0.708. The molecule has 1 heterocycles. The van der Waals surface area contributed by atoms with E-state index in [1.165, 1.54) is 6.20 Å².